The number of carbonyl (C=O) groups is 1. The first kappa shape index (κ1) is 13.4. The summed E-state index contributed by atoms with van der Waals surface area (Å²) in [5.74, 6) is 0. The van der Waals surface area contributed by atoms with Crippen LogP contribution in [0.3, 0.4) is 0 Å². The van der Waals surface area contributed by atoms with Crippen LogP contribution in [0.15, 0.2) is 30.3 Å². The Labute approximate surface area is 87.2 Å². The summed E-state index contributed by atoms with van der Waals surface area (Å²) in [5.41, 5.74) is 0.752. The van der Waals surface area contributed by atoms with Crippen LogP contribution in [0.2, 0.25) is 0 Å². The molecule has 0 radical (unpaired) electrons. The molecular formula is C10H14O5. The van der Waals surface area contributed by atoms with Crippen LogP contribution in [0.1, 0.15) is 18.6 Å². The lowest BCUT2D eigenvalue weighted by Crippen LogP contribution is -2.13. The molecule has 1 aromatic carbocycles. The predicted octanol–water partition coefficient (Wildman–Crippen LogP) is 1.32. The zero-order chi connectivity index (χ0) is 11.8. The van der Waals surface area contributed by atoms with E-state index in [-0.39, 0.29) is 0 Å². The average molecular weight is 214 g/mol. The standard InChI is InChI=1S/C9H12O2.CH2O3/c1-7(10)9(11)8-5-3-2-4-6-8;2-1(3)4/h2-7,9-11H,1H3;(H2,2,3,4). The van der Waals surface area contributed by atoms with Crippen molar-refractivity contribution < 1.29 is 25.2 Å². The minimum Gasteiger partial charge on any atom is -0.450 e. The normalized spacial score (nSPS) is 13.3. The van der Waals surface area contributed by atoms with E-state index in [0.29, 0.717) is 0 Å². The van der Waals surface area contributed by atoms with Crippen LogP contribution in [0.5, 0.6) is 0 Å². The fourth-order valence-corrected chi connectivity index (χ4v) is 0.929. The summed E-state index contributed by atoms with van der Waals surface area (Å²) in [6, 6.07) is 9.12. The molecule has 0 fully saturated rings. The summed E-state index contributed by atoms with van der Waals surface area (Å²) in [5, 5.41) is 32.3. The third-order valence-corrected chi connectivity index (χ3v) is 1.60. The van der Waals surface area contributed by atoms with Gasteiger partial charge in [0.25, 0.3) is 0 Å². The number of aliphatic hydroxyl groups is 2. The molecule has 84 valence electrons. The Morgan fingerprint density at radius 2 is 1.53 bits per heavy atom. The highest BCUT2D eigenvalue weighted by molar-refractivity contribution is 5.53. The van der Waals surface area contributed by atoms with E-state index in [9.17, 15) is 5.11 Å². The minimum atomic E-state index is -1.83. The highest BCUT2D eigenvalue weighted by Crippen LogP contribution is 2.15. The van der Waals surface area contributed by atoms with Crippen molar-refractivity contribution in [3.63, 3.8) is 0 Å². The summed E-state index contributed by atoms with van der Waals surface area (Å²) in [6.45, 7) is 1.57. The van der Waals surface area contributed by atoms with Crippen molar-refractivity contribution in [2.24, 2.45) is 0 Å². The third-order valence-electron chi connectivity index (χ3n) is 1.60. The monoisotopic (exact) mass is 214 g/mol. The van der Waals surface area contributed by atoms with E-state index in [1.54, 1.807) is 19.1 Å². The van der Waals surface area contributed by atoms with Crippen LogP contribution < -0.4 is 0 Å². The molecular weight excluding hydrogens is 200 g/mol. The van der Waals surface area contributed by atoms with E-state index in [4.69, 9.17) is 20.1 Å². The SMILES string of the molecule is CC(O)C(O)c1ccccc1.O=C(O)O. The zero-order valence-corrected chi connectivity index (χ0v) is 8.24. The molecule has 15 heavy (non-hydrogen) atoms. The molecule has 5 nitrogen and oxygen atoms in total. The molecule has 1 aromatic rings. The van der Waals surface area contributed by atoms with Crippen molar-refractivity contribution in [1.82, 2.24) is 0 Å². The number of aliphatic hydroxyl groups excluding tert-OH is 2. The second-order valence-electron chi connectivity index (χ2n) is 2.88. The molecule has 1 rings (SSSR count). The van der Waals surface area contributed by atoms with Gasteiger partial charge in [-0.1, -0.05) is 30.3 Å². The Morgan fingerprint density at radius 3 is 1.87 bits per heavy atom. The maximum absolute atomic E-state index is 9.35. The van der Waals surface area contributed by atoms with E-state index in [1.807, 2.05) is 18.2 Å². The first-order valence-corrected chi connectivity index (χ1v) is 4.28. The molecule has 0 aliphatic heterocycles. The molecule has 5 heteroatoms. The fraction of sp³-hybridized carbons (Fsp3) is 0.300. The van der Waals surface area contributed by atoms with Crippen LogP contribution in [0, 0.1) is 0 Å². The molecule has 2 atom stereocenters. The lowest BCUT2D eigenvalue weighted by atomic mass is 10.1. The van der Waals surface area contributed by atoms with E-state index in [0.717, 1.165) is 5.56 Å². The maximum atomic E-state index is 9.35. The van der Waals surface area contributed by atoms with Crippen molar-refractivity contribution >= 4 is 6.16 Å². The Balaban J connectivity index is 0.000000423. The zero-order valence-electron chi connectivity index (χ0n) is 8.24. The van der Waals surface area contributed by atoms with Crippen molar-refractivity contribution in [2.45, 2.75) is 19.1 Å². The van der Waals surface area contributed by atoms with Crippen molar-refractivity contribution in [3.05, 3.63) is 35.9 Å². The van der Waals surface area contributed by atoms with Gasteiger partial charge in [0.05, 0.1) is 6.10 Å². The molecule has 0 saturated carbocycles. The molecule has 0 aliphatic carbocycles. The predicted molar refractivity (Wildman–Crippen MR) is 53.7 cm³/mol. The Bertz CT molecular complexity index is 279. The quantitative estimate of drug-likeness (QED) is 0.595. The first-order chi connectivity index (χ1) is 6.95. The fourth-order valence-electron chi connectivity index (χ4n) is 0.929. The van der Waals surface area contributed by atoms with Gasteiger partial charge in [0.1, 0.15) is 6.10 Å². The van der Waals surface area contributed by atoms with Gasteiger partial charge in [-0.25, -0.2) is 4.79 Å². The maximum Gasteiger partial charge on any atom is 0.503 e. The lowest BCUT2D eigenvalue weighted by Gasteiger charge is -2.12. The molecule has 0 saturated heterocycles. The van der Waals surface area contributed by atoms with Crippen LogP contribution in [0.25, 0.3) is 0 Å². The summed E-state index contributed by atoms with van der Waals surface area (Å²) >= 11 is 0. The second-order valence-corrected chi connectivity index (χ2v) is 2.88. The molecule has 0 aliphatic rings. The molecule has 4 N–H and O–H groups in total. The van der Waals surface area contributed by atoms with Gasteiger partial charge in [-0.05, 0) is 12.5 Å². The van der Waals surface area contributed by atoms with Crippen LogP contribution >= 0.6 is 0 Å². The lowest BCUT2D eigenvalue weighted by molar-refractivity contribution is 0.0305. The van der Waals surface area contributed by atoms with Crippen molar-refractivity contribution in [3.8, 4) is 0 Å². The highest BCUT2D eigenvalue weighted by Gasteiger charge is 2.11. The number of benzene rings is 1. The summed E-state index contributed by atoms with van der Waals surface area (Å²) in [4.78, 5) is 8.56. The Kier molecular flexibility index (Phi) is 6.08. The molecule has 0 aromatic heterocycles. The van der Waals surface area contributed by atoms with Crippen LogP contribution in [0.4, 0.5) is 4.79 Å². The van der Waals surface area contributed by atoms with Crippen LogP contribution in [-0.4, -0.2) is 32.7 Å². The molecule has 0 bridgehead atoms. The molecule has 0 heterocycles. The van der Waals surface area contributed by atoms with Gasteiger partial charge in [0.15, 0.2) is 0 Å². The molecule has 2 unspecified atom stereocenters. The average Bonchev–Trinajstić information content (AvgIpc) is 2.17. The van der Waals surface area contributed by atoms with Crippen LogP contribution in [-0.2, 0) is 0 Å². The van der Waals surface area contributed by atoms with Gasteiger partial charge < -0.3 is 20.4 Å². The van der Waals surface area contributed by atoms with E-state index >= 15 is 0 Å². The number of carboxylic acid groups (broad SMARTS) is 2. The summed E-state index contributed by atoms with van der Waals surface area (Å²) in [7, 11) is 0. The summed E-state index contributed by atoms with van der Waals surface area (Å²) < 4.78 is 0. The number of hydrogen-bond donors (Lipinski definition) is 4. The number of rotatable bonds is 2. The van der Waals surface area contributed by atoms with Crippen molar-refractivity contribution in [2.75, 3.05) is 0 Å². The van der Waals surface area contributed by atoms with Crippen molar-refractivity contribution in [1.29, 1.82) is 0 Å². The van der Waals surface area contributed by atoms with Gasteiger partial charge in [-0.2, -0.15) is 0 Å². The largest absolute Gasteiger partial charge is 0.503 e. The molecule has 0 spiro atoms. The number of hydrogen-bond acceptors (Lipinski definition) is 3. The van der Waals surface area contributed by atoms with Gasteiger partial charge in [-0.15, -0.1) is 0 Å². The van der Waals surface area contributed by atoms with E-state index in [1.165, 1.54) is 0 Å². The molecule has 0 amide bonds. The first-order valence-electron chi connectivity index (χ1n) is 4.28. The highest BCUT2D eigenvalue weighted by atomic mass is 16.6. The third kappa shape index (κ3) is 6.48. The Hall–Kier alpha value is -1.59. The Morgan fingerprint density at radius 1 is 1.13 bits per heavy atom. The van der Waals surface area contributed by atoms with Gasteiger partial charge in [0.2, 0.25) is 0 Å². The van der Waals surface area contributed by atoms with E-state index in [2.05, 4.69) is 0 Å². The summed E-state index contributed by atoms with van der Waals surface area (Å²) in [6.07, 6.45) is -3.31. The second kappa shape index (κ2) is 6.80. The smallest absolute Gasteiger partial charge is 0.450 e. The van der Waals surface area contributed by atoms with Gasteiger partial charge >= 0.3 is 6.16 Å². The van der Waals surface area contributed by atoms with E-state index < -0.39 is 18.4 Å². The topological polar surface area (TPSA) is 98.0 Å². The van der Waals surface area contributed by atoms with Gasteiger partial charge in [0, 0.05) is 0 Å². The van der Waals surface area contributed by atoms with Gasteiger partial charge in [-0.3, -0.25) is 0 Å². The minimum absolute atomic E-state index is 0.711.